The summed E-state index contributed by atoms with van der Waals surface area (Å²) in [5.74, 6) is 0. The molecule has 0 saturated carbocycles. The van der Waals surface area contributed by atoms with Crippen LogP contribution in [0.1, 0.15) is 31.4 Å². The molecule has 0 atom stereocenters. The molecule has 3 heteroatoms. The molecular weight excluding hydrogens is 324 g/mol. The van der Waals surface area contributed by atoms with E-state index in [1.54, 1.807) is 0 Å². The van der Waals surface area contributed by atoms with Crippen LogP contribution in [0.25, 0.3) is 11.1 Å². The van der Waals surface area contributed by atoms with Gasteiger partial charge in [-0.05, 0) is 47.8 Å². The van der Waals surface area contributed by atoms with Crippen molar-refractivity contribution < 1.29 is 9.16 Å². The largest absolute Gasteiger partial charge is 0.416 e. The molecule has 0 N–H and O–H groups in total. The van der Waals surface area contributed by atoms with Gasteiger partial charge in [0.1, 0.15) is 0 Å². The Morgan fingerprint density at radius 2 is 1.40 bits per heavy atom. The monoisotopic (exact) mass is 354 g/mol. The molecule has 2 nitrogen and oxygen atoms in total. The molecule has 0 unspecified atom stereocenters. The fourth-order valence-electron chi connectivity index (χ4n) is 3.58. The van der Waals surface area contributed by atoms with Gasteiger partial charge in [0.25, 0.3) is 0 Å². The van der Waals surface area contributed by atoms with Crippen molar-refractivity contribution in [1.82, 2.24) is 0 Å². The maximum atomic E-state index is 6.57. The molecule has 0 spiro atoms. The zero-order valence-corrected chi connectivity index (χ0v) is 17.0. The summed E-state index contributed by atoms with van der Waals surface area (Å²) in [5, 5.41) is 0. The third-order valence-corrected chi connectivity index (χ3v) is 8.06. The highest BCUT2D eigenvalue weighted by atomic mass is 28.4. The van der Waals surface area contributed by atoms with Gasteiger partial charge >= 0.3 is 0 Å². The van der Waals surface area contributed by atoms with Gasteiger partial charge in [0.2, 0.25) is 0 Å². The summed E-state index contributed by atoms with van der Waals surface area (Å²) < 4.78 is 12.7. The van der Waals surface area contributed by atoms with Crippen molar-refractivity contribution in [3.05, 3.63) is 59.7 Å². The molecule has 2 aromatic carbocycles. The van der Waals surface area contributed by atoms with Crippen molar-refractivity contribution in [2.75, 3.05) is 19.8 Å². The van der Waals surface area contributed by atoms with E-state index in [0.717, 1.165) is 19.1 Å². The summed E-state index contributed by atoms with van der Waals surface area (Å²) >= 11 is 0. The second kappa shape index (κ2) is 7.44. The van der Waals surface area contributed by atoms with E-state index in [1.807, 2.05) is 0 Å². The van der Waals surface area contributed by atoms with Crippen molar-refractivity contribution in [2.24, 2.45) is 0 Å². The van der Waals surface area contributed by atoms with Crippen LogP contribution in [0.4, 0.5) is 0 Å². The van der Waals surface area contributed by atoms with E-state index < -0.39 is 8.32 Å². The van der Waals surface area contributed by atoms with Crippen molar-refractivity contribution in [3.8, 4) is 11.1 Å². The van der Waals surface area contributed by atoms with Crippen LogP contribution < -0.4 is 0 Å². The highest BCUT2D eigenvalue weighted by Crippen LogP contribution is 2.49. The Kier molecular flexibility index (Phi) is 5.47. The summed E-state index contributed by atoms with van der Waals surface area (Å²) in [6.45, 7) is 11.2. The minimum absolute atomic E-state index is 0.193. The minimum atomic E-state index is -1.64. The maximum Gasteiger partial charge on any atom is 0.186 e. The van der Waals surface area contributed by atoms with Crippen LogP contribution in [0.2, 0.25) is 19.1 Å². The lowest BCUT2D eigenvalue weighted by atomic mass is 9.79. The summed E-state index contributed by atoms with van der Waals surface area (Å²) in [5.41, 5.74) is 5.18. The molecule has 25 heavy (non-hydrogen) atoms. The standard InChI is InChI=1S/C22H30O2Si/c1-5-15-23-16-22(17-24-25(3,4)6-2)20-13-9-7-11-18(20)19-12-8-10-14-21(19)22/h7-14H,5-6,15-17H2,1-4H3. The second-order valence-corrected chi connectivity index (χ2v) is 12.1. The molecule has 0 fully saturated rings. The van der Waals surface area contributed by atoms with Gasteiger partial charge in [-0.2, -0.15) is 0 Å². The van der Waals surface area contributed by atoms with Crippen LogP contribution in [0.3, 0.4) is 0 Å². The number of rotatable bonds is 8. The average molecular weight is 355 g/mol. The SMILES string of the molecule is CCCOCC1(CO[Si](C)(C)CC)c2ccccc2-c2ccccc21. The number of hydrogen-bond acceptors (Lipinski definition) is 2. The fourth-order valence-corrected chi connectivity index (χ4v) is 4.42. The lowest BCUT2D eigenvalue weighted by molar-refractivity contribution is 0.0740. The van der Waals surface area contributed by atoms with E-state index in [9.17, 15) is 0 Å². The van der Waals surface area contributed by atoms with Crippen molar-refractivity contribution >= 4 is 8.32 Å². The van der Waals surface area contributed by atoms with Gasteiger partial charge in [0.15, 0.2) is 8.32 Å². The van der Waals surface area contributed by atoms with E-state index in [0.29, 0.717) is 13.2 Å². The summed E-state index contributed by atoms with van der Waals surface area (Å²) in [6.07, 6.45) is 1.04. The normalized spacial score (nSPS) is 15.0. The molecule has 2 aromatic rings. The second-order valence-electron chi connectivity index (χ2n) is 7.63. The lowest BCUT2D eigenvalue weighted by Gasteiger charge is -2.35. The Morgan fingerprint density at radius 1 is 0.840 bits per heavy atom. The highest BCUT2D eigenvalue weighted by Gasteiger charge is 2.44. The van der Waals surface area contributed by atoms with Crippen molar-refractivity contribution in [3.63, 3.8) is 0 Å². The predicted molar refractivity (Wildman–Crippen MR) is 108 cm³/mol. The Hall–Kier alpha value is -1.42. The molecular formula is C22H30O2Si. The van der Waals surface area contributed by atoms with Gasteiger partial charge in [0, 0.05) is 13.2 Å². The quantitative estimate of drug-likeness (QED) is 0.452. The first kappa shape index (κ1) is 18.4. The molecule has 0 heterocycles. The fraction of sp³-hybridized carbons (Fsp3) is 0.455. The highest BCUT2D eigenvalue weighted by molar-refractivity contribution is 6.71. The van der Waals surface area contributed by atoms with Gasteiger partial charge in [-0.3, -0.25) is 0 Å². The third-order valence-electron chi connectivity index (χ3n) is 5.43. The molecule has 0 amide bonds. The average Bonchev–Trinajstić information content (AvgIpc) is 2.92. The molecule has 0 aliphatic heterocycles. The molecule has 1 aliphatic carbocycles. The van der Waals surface area contributed by atoms with E-state index in [1.165, 1.54) is 22.3 Å². The Bertz CT molecular complexity index is 678. The van der Waals surface area contributed by atoms with E-state index in [4.69, 9.17) is 9.16 Å². The minimum Gasteiger partial charge on any atom is -0.416 e. The van der Waals surface area contributed by atoms with Crippen molar-refractivity contribution in [2.45, 2.75) is 44.8 Å². The van der Waals surface area contributed by atoms with Gasteiger partial charge in [-0.25, -0.2) is 0 Å². The van der Waals surface area contributed by atoms with Crippen LogP contribution in [0, 0.1) is 0 Å². The molecule has 134 valence electrons. The van der Waals surface area contributed by atoms with Gasteiger partial charge in [0.05, 0.1) is 12.0 Å². The van der Waals surface area contributed by atoms with Gasteiger partial charge in [-0.1, -0.05) is 62.4 Å². The van der Waals surface area contributed by atoms with Gasteiger partial charge in [-0.15, -0.1) is 0 Å². The first-order valence-corrected chi connectivity index (χ1v) is 12.6. The Labute approximate surface area is 153 Å². The predicted octanol–water partition coefficient (Wildman–Crippen LogP) is 5.62. The molecule has 1 aliphatic rings. The van der Waals surface area contributed by atoms with E-state index in [-0.39, 0.29) is 5.41 Å². The number of benzene rings is 2. The first-order valence-electron chi connectivity index (χ1n) is 9.45. The van der Waals surface area contributed by atoms with Crippen LogP contribution in [0.15, 0.2) is 48.5 Å². The molecule has 0 aromatic heterocycles. The van der Waals surface area contributed by atoms with Crippen LogP contribution in [-0.2, 0) is 14.6 Å². The van der Waals surface area contributed by atoms with E-state index >= 15 is 0 Å². The maximum absolute atomic E-state index is 6.57. The van der Waals surface area contributed by atoms with E-state index in [2.05, 4.69) is 75.5 Å². The number of hydrogen-bond donors (Lipinski definition) is 0. The Balaban J connectivity index is 2.06. The van der Waals surface area contributed by atoms with Gasteiger partial charge < -0.3 is 9.16 Å². The molecule has 0 bridgehead atoms. The smallest absolute Gasteiger partial charge is 0.186 e. The van der Waals surface area contributed by atoms with Crippen LogP contribution >= 0.6 is 0 Å². The number of ether oxygens (including phenoxy) is 1. The number of fused-ring (bicyclic) bond motifs is 3. The lowest BCUT2D eigenvalue weighted by Crippen LogP contribution is -2.42. The van der Waals surface area contributed by atoms with Crippen LogP contribution in [-0.4, -0.2) is 28.1 Å². The Morgan fingerprint density at radius 3 is 1.92 bits per heavy atom. The molecule has 3 rings (SSSR count). The van der Waals surface area contributed by atoms with Crippen LogP contribution in [0.5, 0.6) is 0 Å². The molecule has 0 radical (unpaired) electrons. The van der Waals surface area contributed by atoms with Crippen molar-refractivity contribution in [1.29, 1.82) is 0 Å². The third kappa shape index (κ3) is 3.46. The molecule has 0 saturated heterocycles. The first-order chi connectivity index (χ1) is 12.0. The summed E-state index contributed by atoms with van der Waals surface area (Å²) in [4.78, 5) is 0. The summed E-state index contributed by atoms with van der Waals surface area (Å²) in [7, 11) is -1.64. The summed E-state index contributed by atoms with van der Waals surface area (Å²) in [6, 6.07) is 18.7. The zero-order chi connectivity index (χ0) is 17.9. The zero-order valence-electron chi connectivity index (χ0n) is 16.0. The topological polar surface area (TPSA) is 18.5 Å².